The molecule has 7 nitrogen and oxygen atoms in total. The highest BCUT2D eigenvalue weighted by Gasteiger charge is 2.31. The van der Waals surface area contributed by atoms with Gasteiger partial charge in [0.25, 0.3) is 0 Å². The van der Waals surface area contributed by atoms with E-state index in [0.717, 1.165) is 47.8 Å². The second-order valence-electron chi connectivity index (χ2n) is 9.90. The average Bonchev–Trinajstić information content (AvgIpc) is 3.07. The highest BCUT2D eigenvalue weighted by atomic mass is 32.2. The number of halogens is 6. The molecular formula is C33H21F6N7S2. The molecule has 0 saturated heterocycles. The number of hydrogen-bond donors (Lipinski definition) is 4. The summed E-state index contributed by atoms with van der Waals surface area (Å²) in [6, 6.07) is 23.1. The number of thioether (sulfide) groups is 2. The van der Waals surface area contributed by atoms with Gasteiger partial charge >= 0.3 is 12.4 Å². The molecule has 0 aliphatic rings. The van der Waals surface area contributed by atoms with Gasteiger partial charge in [0.2, 0.25) is 0 Å². The first-order valence-electron chi connectivity index (χ1n) is 13.7. The average molecular weight is 694 g/mol. The van der Waals surface area contributed by atoms with Crippen molar-refractivity contribution in [3.05, 3.63) is 137 Å². The van der Waals surface area contributed by atoms with Gasteiger partial charge in [-0.2, -0.15) is 26.3 Å². The van der Waals surface area contributed by atoms with E-state index in [4.69, 9.17) is 21.6 Å². The van der Waals surface area contributed by atoms with E-state index in [2.05, 4.69) is 15.0 Å². The van der Waals surface area contributed by atoms with E-state index in [1.807, 2.05) is 0 Å². The zero-order valence-electron chi connectivity index (χ0n) is 24.2. The number of benzene rings is 2. The minimum atomic E-state index is -4.47. The predicted molar refractivity (Wildman–Crippen MR) is 176 cm³/mol. The van der Waals surface area contributed by atoms with E-state index in [0.29, 0.717) is 22.5 Å². The number of hydrogen-bond acceptors (Lipinski definition) is 9. The molecule has 0 radical (unpaired) electrons. The number of nitrogens with zero attached hydrogens (tertiary/aromatic N) is 3. The van der Waals surface area contributed by atoms with E-state index in [9.17, 15) is 26.3 Å². The van der Waals surface area contributed by atoms with Gasteiger partial charge < -0.3 is 0 Å². The second-order valence-corrected chi connectivity index (χ2v) is 11.9. The van der Waals surface area contributed by atoms with Gasteiger partial charge in [-0.15, -0.1) is 0 Å². The van der Waals surface area contributed by atoms with E-state index >= 15 is 0 Å². The van der Waals surface area contributed by atoms with Crippen LogP contribution in [0.4, 0.5) is 26.3 Å². The molecule has 15 heteroatoms. The number of nitrogens with one attached hydrogen (secondary N) is 4. The van der Waals surface area contributed by atoms with Crippen molar-refractivity contribution in [3.8, 4) is 22.5 Å². The lowest BCUT2D eigenvalue weighted by molar-refractivity contribution is -0.138. The summed E-state index contributed by atoms with van der Waals surface area (Å²) >= 11 is 1.50. The van der Waals surface area contributed by atoms with Gasteiger partial charge in [0.05, 0.1) is 45.3 Å². The van der Waals surface area contributed by atoms with E-state index in [-0.39, 0.29) is 43.0 Å². The SMILES string of the molecule is N=C(SC(=N)c1cccc(-c2ccc(C(F)(F)F)cc2)n1)c1cccc(C(=N)SC(=N)c2cccc(-c3ccc(C(F)(F)F)cc3)n2)n1. The first-order valence-corrected chi connectivity index (χ1v) is 15.3. The molecule has 0 amide bonds. The fourth-order valence-corrected chi connectivity index (χ4v) is 5.49. The van der Waals surface area contributed by atoms with E-state index in [1.165, 1.54) is 36.4 Å². The molecule has 3 heterocycles. The molecule has 5 rings (SSSR count). The first-order chi connectivity index (χ1) is 22.7. The maximum absolute atomic E-state index is 12.9. The van der Waals surface area contributed by atoms with Crippen molar-refractivity contribution in [1.82, 2.24) is 15.0 Å². The van der Waals surface area contributed by atoms with Crippen molar-refractivity contribution < 1.29 is 26.3 Å². The predicted octanol–water partition coefficient (Wildman–Crippen LogP) is 9.41. The summed E-state index contributed by atoms with van der Waals surface area (Å²) in [6.45, 7) is 0. The Morgan fingerprint density at radius 2 is 0.708 bits per heavy atom. The molecule has 0 spiro atoms. The minimum Gasteiger partial charge on any atom is -0.292 e. The number of rotatable bonds is 6. The molecule has 48 heavy (non-hydrogen) atoms. The summed E-state index contributed by atoms with van der Waals surface area (Å²) < 4.78 is 77.6. The molecule has 4 N–H and O–H groups in total. The van der Waals surface area contributed by atoms with Crippen molar-refractivity contribution in [3.63, 3.8) is 0 Å². The maximum Gasteiger partial charge on any atom is 0.416 e. The molecule has 0 fully saturated rings. The monoisotopic (exact) mass is 693 g/mol. The van der Waals surface area contributed by atoms with Gasteiger partial charge in [-0.25, -0.2) is 15.0 Å². The normalized spacial score (nSPS) is 11.6. The standard InChI is InChI=1S/C33H21F6N7S2/c34-32(35,36)20-14-10-18(11-15-20)22-4-1-6-24(44-22)28(40)47-30(42)26-8-3-9-27(46-26)31(43)48-29(41)25-7-2-5-23(45-25)19-12-16-21(17-13-19)33(37,38)39/h1-17,40-43H. The van der Waals surface area contributed by atoms with Crippen LogP contribution in [0, 0.1) is 21.6 Å². The Bertz CT molecular complexity index is 1880. The molecule has 2 aromatic carbocycles. The Morgan fingerprint density at radius 3 is 1.02 bits per heavy atom. The van der Waals surface area contributed by atoms with Crippen molar-refractivity contribution in [2.45, 2.75) is 12.4 Å². The molecule has 5 aromatic rings. The van der Waals surface area contributed by atoms with Crippen LogP contribution in [0.5, 0.6) is 0 Å². The Morgan fingerprint density at radius 1 is 0.417 bits per heavy atom. The minimum absolute atomic E-state index is 0.105. The lowest BCUT2D eigenvalue weighted by Crippen LogP contribution is -2.09. The van der Waals surface area contributed by atoms with Gasteiger partial charge in [-0.3, -0.25) is 21.6 Å². The summed E-state index contributed by atoms with van der Waals surface area (Å²) in [5, 5.41) is 33.5. The lowest BCUT2D eigenvalue weighted by Gasteiger charge is -2.10. The lowest BCUT2D eigenvalue weighted by atomic mass is 10.1. The van der Waals surface area contributed by atoms with Crippen LogP contribution in [-0.4, -0.2) is 35.1 Å². The maximum atomic E-state index is 12.9. The third-order valence-corrected chi connectivity index (χ3v) is 8.26. The summed E-state index contributed by atoms with van der Waals surface area (Å²) in [6.07, 6.45) is -8.94. The Labute approximate surface area is 277 Å². The second kappa shape index (κ2) is 13.9. The van der Waals surface area contributed by atoms with Crippen molar-refractivity contribution in [1.29, 1.82) is 21.6 Å². The number of alkyl halides is 6. The Balaban J connectivity index is 1.24. The summed E-state index contributed by atoms with van der Waals surface area (Å²) in [5.41, 5.74) is 0.670. The highest BCUT2D eigenvalue weighted by molar-refractivity contribution is 8.27. The van der Waals surface area contributed by atoms with Crippen molar-refractivity contribution in [2.75, 3.05) is 0 Å². The largest absolute Gasteiger partial charge is 0.416 e. The van der Waals surface area contributed by atoms with Crippen LogP contribution in [0.3, 0.4) is 0 Å². The molecule has 0 bridgehead atoms. The topological polar surface area (TPSA) is 134 Å². The molecule has 0 atom stereocenters. The molecule has 0 saturated carbocycles. The molecule has 3 aromatic heterocycles. The van der Waals surface area contributed by atoms with Crippen LogP contribution >= 0.6 is 23.5 Å². The fourth-order valence-electron chi connectivity index (χ4n) is 4.20. The summed E-state index contributed by atoms with van der Waals surface area (Å²) in [5.74, 6) is 0. The van der Waals surface area contributed by atoms with Gasteiger partial charge in [0.1, 0.15) is 20.2 Å². The molecule has 242 valence electrons. The quantitative estimate of drug-likeness (QED) is 0.0799. The van der Waals surface area contributed by atoms with Crippen molar-refractivity contribution in [2.24, 2.45) is 0 Å². The van der Waals surface area contributed by atoms with Gasteiger partial charge in [0, 0.05) is 11.1 Å². The molecule has 0 unspecified atom stereocenters. The Hall–Kier alpha value is -5.15. The van der Waals surface area contributed by atoms with Crippen LogP contribution in [0.15, 0.2) is 103 Å². The van der Waals surface area contributed by atoms with Crippen LogP contribution in [0.2, 0.25) is 0 Å². The number of pyridine rings is 3. The van der Waals surface area contributed by atoms with Crippen LogP contribution in [0.25, 0.3) is 22.5 Å². The number of aromatic nitrogens is 3. The van der Waals surface area contributed by atoms with Crippen molar-refractivity contribution >= 4 is 43.7 Å². The zero-order valence-corrected chi connectivity index (χ0v) is 25.9. The smallest absolute Gasteiger partial charge is 0.292 e. The van der Waals surface area contributed by atoms with Crippen LogP contribution < -0.4 is 0 Å². The molecule has 0 aliphatic heterocycles. The van der Waals surface area contributed by atoms with Gasteiger partial charge in [-0.1, -0.05) is 42.5 Å². The van der Waals surface area contributed by atoms with E-state index in [1.54, 1.807) is 42.5 Å². The zero-order chi connectivity index (χ0) is 34.6. The van der Waals surface area contributed by atoms with Gasteiger partial charge in [-0.05, 0) is 84.2 Å². The summed E-state index contributed by atoms with van der Waals surface area (Å²) in [7, 11) is 0. The van der Waals surface area contributed by atoms with E-state index < -0.39 is 23.5 Å². The third kappa shape index (κ3) is 8.22. The van der Waals surface area contributed by atoms with Gasteiger partial charge in [0.15, 0.2) is 0 Å². The van der Waals surface area contributed by atoms with Crippen LogP contribution in [0.1, 0.15) is 33.9 Å². The third-order valence-electron chi connectivity index (χ3n) is 6.60. The summed E-state index contributed by atoms with van der Waals surface area (Å²) in [4.78, 5) is 13.1. The highest BCUT2D eigenvalue weighted by Crippen LogP contribution is 2.32. The van der Waals surface area contributed by atoms with Crippen LogP contribution in [-0.2, 0) is 12.4 Å². The molecule has 0 aliphatic carbocycles. The molecular weight excluding hydrogens is 673 g/mol. The Kier molecular flexibility index (Phi) is 9.91. The fraction of sp³-hybridized carbons (Fsp3) is 0.0606. The first kappa shape index (κ1) is 34.2.